The number of phenols is 1. The molecule has 0 bridgehead atoms. The molecule has 7 heteroatoms. The van der Waals surface area contributed by atoms with Gasteiger partial charge in [0.25, 0.3) is 5.56 Å². The molecule has 25 heavy (non-hydrogen) atoms. The topological polar surface area (TPSA) is 94.0 Å². The Balaban J connectivity index is 1.70. The zero-order chi connectivity index (χ0) is 17.4. The van der Waals surface area contributed by atoms with Crippen LogP contribution in [0.1, 0.15) is 11.7 Å². The van der Waals surface area contributed by atoms with E-state index in [0.717, 1.165) is 0 Å². The van der Waals surface area contributed by atoms with E-state index in [9.17, 15) is 9.90 Å². The number of benzene rings is 2. The number of aromatic hydroxyl groups is 1. The van der Waals surface area contributed by atoms with Crippen LogP contribution in [0.2, 0.25) is 0 Å². The van der Waals surface area contributed by atoms with Gasteiger partial charge in [0.15, 0.2) is 0 Å². The van der Waals surface area contributed by atoms with Crippen molar-refractivity contribution in [2.24, 2.45) is 0 Å². The van der Waals surface area contributed by atoms with E-state index in [1.165, 1.54) is 4.57 Å². The summed E-state index contributed by atoms with van der Waals surface area (Å²) in [6, 6.07) is 13.7. The van der Waals surface area contributed by atoms with Gasteiger partial charge in [-0.25, -0.2) is 4.98 Å². The van der Waals surface area contributed by atoms with Crippen LogP contribution in [0.5, 0.6) is 5.75 Å². The largest absolute Gasteiger partial charge is 0.508 e. The quantitative estimate of drug-likeness (QED) is 0.619. The smallest absolute Gasteiger partial charge is 0.261 e. The van der Waals surface area contributed by atoms with E-state index in [-0.39, 0.29) is 17.9 Å². The predicted molar refractivity (Wildman–Crippen MR) is 91.2 cm³/mol. The first-order valence-corrected chi connectivity index (χ1v) is 7.70. The minimum absolute atomic E-state index is 0.146. The van der Waals surface area contributed by atoms with E-state index in [4.69, 9.17) is 4.42 Å². The Kier molecular flexibility index (Phi) is 3.53. The van der Waals surface area contributed by atoms with Crippen molar-refractivity contribution in [1.82, 2.24) is 19.7 Å². The molecule has 0 unspecified atom stereocenters. The second-order valence-electron chi connectivity index (χ2n) is 5.62. The van der Waals surface area contributed by atoms with Gasteiger partial charge in [0, 0.05) is 5.56 Å². The fraction of sp³-hybridized carbons (Fsp3) is 0.111. The molecule has 0 saturated heterocycles. The highest BCUT2D eigenvalue weighted by Crippen LogP contribution is 2.20. The summed E-state index contributed by atoms with van der Waals surface area (Å²) in [5.74, 6) is 1.38. The Morgan fingerprint density at radius 2 is 1.84 bits per heavy atom. The van der Waals surface area contributed by atoms with Crippen LogP contribution in [-0.4, -0.2) is 24.9 Å². The monoisotopic (exact) mass is 334 g/mol. The Morgan fingerprint density at radius 3 is 2.64 bits per heavy atom. The maximum atomic E-state index is 12.7. The average molecular weight is 334 g/mol. The maximum absolute atomic E-state index is 12.7. The molecule has 1 N–H and O–H groups in total. The van der Waals surface area contributed by atoms with Gasteiger partial charge < -0.3 is 9.52 Å². The van der Waals surface area contributed by atoms with E-state index in [1.54, 1.807) is 43.3 Å². The lowest BCUT2D eigenvalue weighted by Gasteiger charge is -2.08. The van der Waals surface area contributed by atoms with E-state index >= 15 is 0 Å². The van der Waals surface area contributed by atoms with Crippen LogP contribution in [0.15, 0.2) is 57.7 Å². The van der Waals surface area contributed by atoms with Crippen molar-refractivity contribution < 1.29 is 9.52 Å². The summed E-state index contributed by atoms with van der Waals surface area (Å²) in [5, 5.41) is 17.9. The predicted octanol–water partition coefficient (Wildman–Crippen LogP) is 2.51. The maximum Gasteiger partial charge on any atom is 0.261 e. The van der Waals surface area contributed by atoms with E-state index < -0.39 is 0 Å². The molecule has 124 valence electrons. The first-order valence-electron chi connectivity index (χ1n) is 7.70. The minimum atomic E-state index is -0.146. The fourth-order valence-electron chi connectivity index (χ4n) is 2.64. The van der Waals surface area contributed by atoms with Gasteiger partial charge in [-0.15, -0.1) is 10.2 Å². The van der Waals surface area contributed by atoms with Crippen molar-refractivity contribution in [3.63, 3.8) is 0 Å². The van der Waals surface area contributed by atoms with Gasteiger partial charge in [-0.05, 0) is 43.3 Å². The summed E-state index contributed by atoms with van der Waals surface area (Å²) in [7, 11) is 0. The summed E-state index contributed by atoms with van der Waals surface area (Å²) in [6.45, 7) is 1.92. The van der Waals surface area contributed by atoms with Crippen molar-refractivity contribution >= 4 is 10.9 Å². The van der Waals surface area contributed by atoms with Crippen molar-refractivity contribution in [2.45, 2.75) is 13.5 Å². The van der Waals surface area contributed by atoms with Crippen LogP contribution in [0.4, 0.5) is 0 Å². The van der Waals surface area contributed by atoms with Gasteiger partial charge in [0.05, 0.1) is 10.9 Å². The number of para-hydroxylation sites is 1. The molecule has 0 fully saturated rings. The first kappa shape index (κ1) is 15.1. The van der Waals surface area contributed by atoms with Gasteiger partial charge in [0.2, 0.25) is 11.8 Å². The Morgan fingerprint density at radius 1 is 1.08 bits per heavy atom. The molecule has 0 aliphatic carbocycles. The molecular weight excluding hydrogens is 320 g/mol. The molecule has 0 radical (unpaired) electrons. The van der Waals surface area contributed by atoms with Crippen LogP contribution in [0.25, 0.3) is 22.4 Å². The summed E-state index contributed by atoms with van der Waals surface area (Å²) in [5.41, 5.74) is 1.21. The van der Waals surface area contributed by atoms with Crippen LogP contribution >= 0.6 is 0 Å². The average Bonchev–Trinajstić information content (AvgIpc) is 3.08. The van der Waals surface area contributed by atoms with Gasteiger partial charge in [-0.3, -0.25) is 9.36 Å². The number of hydrogen-bond acceptors (Lipinski definition) is 6. The zero-order valence-electron chi connectivity index (χ0n) is 13.4. The third-order valence-electron chi connectivity index (χ3n) is 3.93. The molecular formula is C18H14N4O3. The highest BCUT2D eigenvalue weighted by Gasteiger charge is 2.13. The Bertz CT molecular complexity index is 1110. The molecule has 0 saturated carbocycles. The molecule has 2 aromatic carbocycles. The minimum Gasteiger partial charge on any atom is -0.508 e. The Labute approximate surface area is 142 Å². The molecule has 4 rings (SSSR count). The highest BCUT2D eigenvalue weighted by molar-refractivity contribution is 5.77. The number of aryl methyl sites for hydroxylation is 1. The highest BCUT2D eigenvalue weighted by atomic mass is 16.4. The SMILES string of the molecule is Cc1nc2ccccc2c(=O)n1Cc1nnc(-c2ccc(O)cc2)o1. The molecule has 0 aliphatic rings. The van der Waals surface area contributed by atoms with E-state index in [1.807, 2.05) is 12.1 Å². The van der Waals surface area contributed by atoms with Crippen molar-refractivity contribution in [2.75, 3.05) is 0 Å². The number of aromatic nitrogens is 4. The van der Waals surface area contributed by atoms with Gasteiger partial charge in [0.1, 0.15) is 18.1 Å². The number of nitrogens with zero attached hydrogens (tertiary/aromatic N) is 4. The lowest BCUT2D eigenvalue weighted by molar-refractivity contribution is 0.474. The van der Waals surface area contributed by atoms with Crippen LogP contribution in [-0.2, 0) is 6.54 Å². The second-order valence-corrected chi connectivity index (χ2v) is 5.62. The first-order chi connectivity index (χ1) is 12.1. The van der Waals surface area contributed by atoms with Crippen molar-refractivity contribution in [1.29, 1.82) is 0 Å². The summed E-state index contributed by atoms with van der Waals surface area (Å²) < 4.78 is 7.15. The summed E-state index contributed by atoms with van der Waals surface area (Å²) in [4.78, 5) is 17.1. The lowest BCUT2D eigenvalue weighted by atomic mass is 10.2. The number of hydrogen-bond donors (Lipinski definition) is 1. The second kappa shape index (κ2) is 5.86. The molecule has 7 nitrogen and oxygen atoms in total. The summed E-state index contributed by atoms with van der Waals surface area (Å²) >= 11 is 0. The number of phenolic OH excluding ortho intramolecular Hbond substituents is 1. The van der Waals surface area contributed by atoms with Gasteiger partial charge in [-0.2, -0.15) is 0 Å². The molecule has 2 heterocycles. The molecule has 0 atom stereocenters. The standard InChI is InChI=1S/C18H14N4O3/c1-11-19-15-5-3-2-4-14(15)18(24)22(11)10-16-20-21-17(25-16)12-6-8-13(23)9-7-12/h2-9,23H,10H2,1H3. The van der Waals surface area contributed by atoms with Gasteiger partial charge in [-0.1, -0.05) is 12.1 Å². The zero-order valence-corrected chi connectivity index (χ0v) is 13.4. The molecule has 0 aliphatic heterocycles. The van der Waals surface area contributed by atoms with E-state index in [0.29, 0.717) is 34.1 Å². The van der Waals surface area contributed by atoms with Crippen LogP contribution < -0.4 is 5.56 Å². The van der Waals surface area contributed by atoms with Crippen LogP contribution in [0.3, 0.4) is 0 Å². The van der Waals surface area contributed by atoms with E-state index in [2.05, 4.69) is 15.2 Å². The molecule has 0 spiro atoms. The molecule has 0 amide bonds. The fourth-order valence-corrected chi connectivity index (χ4v) is 2.64. The molecule has 2 aromatic heterocycles. The third kappa shape index (κ3) is 2.76. The van der Waals surface area contributed by atoms with Crippen LogP contribution in [0, 0.1) is 6.92 Å². The Hall–Kier alpha value is -3.48. The number of rotatable bonds is 3. The van der Waals surface area contributed by atoms with Crippen molar-refractivity contribution in [3.05, 3.63) is 70.6 Å². The number of fused-ring (bicyclic) bond motifs is 1. The lowest BCUT2D eigenvalue weighted by Crippen LogP contribution is -2.24. The van der Waals surface area contributed by atoms with Gasteiger partial charge >= 0.3 is 0 Å². The summed E-state index contributed by atoms with van der Waals surface area (Å²) in [6.07, 6.45) is 0. The van der Waals surface area contributed by atoms with Crippen molar-refractivity contribution in [3.8, 4) is 17.2 Å². The third-order valence-corrected chi connectivity index (χ3v) is 3.93. The normalized spacial score (nSPS) is 11.1. The molecule has 4 aromatic rings.